The van der Waals surface area contributed by atoms with E-state index in [2.05, 4.69) is 28.6 Å². The summed E-state index contributed by atoms with van der Waals surface area (Å²) in [4.78, 5) is 49.1. The summed E-state index contributed by atoms with van der Waals surface area (Å²) in [5.41, 5.74) is 5.89. The standard InChI is InChI=1S/C19H36N4O5S3/c1-11(2)9-14(22-16(24)12(20)5-7-30-3)17(25)23-15(10-29)18(26)21-13(19(27)28)6-8-31-4/h11-15,29H,5-10,20H2,1-4H3,(H,21,26)(H,22,24)(H,23,25)(H,27,28). The molecule has 4 atom stereocenters. The van der Waals surface area contributed by atoms with Crippen LogP contribution in [0.3, 0.4) is 0 Å². The highest BCUT2D eigenvalue weighted by Gasteiger charge is 2.30. The first-order chi connectivity index (χ1) is 14.6. The van der Waals surface area contributed by atoms with E-state index < -0.39 is 47.9 Å². The van der Waals surface area contributed by atoms with E-state index in [1.807, 2.05) is 26.4 Å². The van der Waals surface area contributed by atoms with Crippen LogP contribution in [0.5, 0.6) is 0 Å². The molecule has 0 aromatic rings. The van der Waals surface area contributed by atoms with E-state index in [9.17, 15) is 24.3 Å². The molecule has 0 aromatic heterocycles. The second kappa shape index (κ2) is 16.5. The van der Waals surface area contributed by atoms with E-state index in [1.54, 1.807) is 11.8 Å². The van der Waals surface area contributed by atoms with E-state index in [1.165, 1.54) is 11.8 Å². The molecule has 0 aliphatic heterocycles. The molecule has 0 aliphatic carbocycles. The first-order valence-electron chi connectivity index (χ1n) is 10.1. The molecule has 12 heteroatoms. The first-order valence-corrected chi connectivity index (χ1v) is 13.5. The van der Waals surface area contributed by atoms with Gasteiger partial charge in [-0.2, -0.15) is 36.2 Å². The molecule has 0 spiro atoms. The van der Waals surface area contributed by atoms with Crippen LogP contribution < -0.4 is 21.7 Å². The van der Waals surface area contributed by atoms with Crippen LogP contribution in [-0.2, 0) is 19.2 Å². The van der Waals surface area contributed by atoms with Gasteiger partial charge < -0.3 is 26.8 Å². The van der Waals surface area contributed by atoms with Gasteiger partial charge in [-0.05, 0) is 49.2 Å². The summed E-state index contributed by atoms with van der Waals surface area (Å²) in [6.07, 6.45) is 4.86. The van der Waals surface area contributed by atoms with E-state index in [4.69, 9.17) is 5.73 Å². The molecule has 0 rings (SSSR count). The Kier molecular flexibility index (Phi) is 15.9. The number of hydrogen-bond donors (Lipinski definition) is 6. The number of thiol groups is 1. The Hall–Kier alpha value is -1.11. The molecule has 4 unspecified atom stereocenters. The van der Waals surface area contributed by atoms with Crippen molar-refractivity contribution in [3.8, 4) is 0 Å². The van der Waals surface area contributed by atoms with Gasteiger partial charge in [0.2, 0.25) is 17.7 Å². The highest BCUT2D eigenvalue weighted by Crippen LogP contribution is 2.08. The Morgan fingerprint density at radius 3 is 1.84 bits per heavy atom. The summed E-state index contributed by atoms with van der Waals surface area (Å²) in [7, 11) is 0. The molecule has 3 amide bonds. The zero-order chi connectivity index (χ0) is 24.0. The van der Waals surface area contributed by atoms with Crippen LogP contribution in [0.1, 0.15) is 33.1 Å². The monoisotopic (exact) mass is 496 g/mol. The normalized spacial score (nSPS) is 14.9. The lowest BCUT2D eigenvalue weighted by molar-refractivity contribution is -0.142. The lowest BCUT2D eigenvalue weighted by Crippen LogP contribution is -2.58. The van der Waals surface area contributed by atoms with E-state index in [0.717, 1.165) is 5.75 Å². The summed E-state index contributed by atoms with van der Waals surface area (Å²) >= 11 is 7.16. The van der Waals surface area contributed by atoms with Crippen molar-refractivity contribution in [2.75, 3.05) is 29.8 Å². The van der Waals surface area contributed by atoms with Crippen molar-refractivity contribution in [2.45, 2.75) is 57.3 Å². The van der Waals surface area contributed by atoms with E-state index in [0.29, 0.717) is 18.6 Å². The van der Waals surface area contributed by atoms with E-state index >= 15 is 0 Å². The Bertz CT molecular complexity index is 595. The number of rotatable bonds is 16. The van der Waals surface area contributed by atoms with Crippen LogP contribution in [0.2, 0.25) is 0 Å². The summed E-state index contributed by atoms with van der Waals surface area (Å²) in [5.74, 6) is -1.38. The molecule has 0 bridgehead atoms. The predicted octanol–water partition coefficient (Wildman–Crippen LogP) is 0.335. The highest BCUT2D eigenvalue weighted by atomic mass is 32.2. The number of carboxylic acids is 1. The number of carboxylic acid groups (broad SMARTS) is 1. The molecular formula is C19H36N4O5S3. The Labute approximate surface area is 198 Å². The molecule has 0 saturated carbocycles. The lowest BCUT2D eigenvalue weighted by atomic mass is 10.0. The minimum absolute atomic E-state index is 0.0258. The van der Waals surface area contributed by atoms with Gasteiger partial charge >= 0.3 is 5.97 Å². The lowest BCUT2D eigenvalue weighted by Gasteiger charge is -2.25. The first kappa shape index (κ1) is 29.9. The average Bonchev–Trinajstić information content (AvgIpc) is 2.71. The molecule has 0 radical (unpaired) electrons. The van der Waals surface area contributed by atoms with Crippen LogP contribution in [0.4, 0.5) is 0 Å². The highest BCUT2D eigenvalue weighted by molar-refractivity contribution is 7.98. The Balaban J connectivity index is 5.14. The van der Waals surface area contributed by atoms with Gasteiger partial charge in [0.25, 0.3) is 0 Å². The molecule has 9 nitrogen and oxygen atoms in total. The average molecular weight is 497 g/mol. The van der Waals surface area contributed by atoms with Crippen LogP contribution in [0, 0.1) is 5.92 Å². The number of aliphatic carboxylic acids is 1. The molecule has 6 N–H and O–H groups in total. The summed E-state index contributed by atoms with van der Waals surface area (Å²) in [6.45, 7) is 3.82. The summed E-state index contributed by atoms with van der Waals surface area (Å²) in [5, 5.41) is 17.0. The van der Waals surface area contributed by atoms with Gasteiger partial charge in [0.15, 0.2) is 0 Å². The maximum atomic E-state index is 12.8. The van der Waals surface area contributed by atoms with E-state index in [-0.39, 0.29) is 18.1 Å². The maximum absolute atomic E-state index is 12.8. The van der Waals surface area contributed by atoms with Gasteiger partial charge in [0.05, 0.1) is 6.04 Å². The van der Waals surface area contributed by atoms with Crippen molar-refractivity contribution in [1.82, 2.24) is 16.0 Å². The Morgan fingerprint density at radius 1 is 0.871 bits per heavy atom. The van der Waals surface area contributed by atoms with Gasteiger partial charge in [-0.25, -0.2) is 4.79 Å². The number of hydrogen-bond acceptors (Lipinski definition) is 8. The number of carbonyl (C=O) groups is 4. The number of thioether (sulfide) groups is 2. The third kappa shape index (κ3) is 12.5. The second-order valence-electron chi connectivity index (χ2n) is 7.50. The predicted molar refractivity (Wildman–Crippen MR) is 131 cm³/mol. The molecule has 0 fully saturated rings. The molecule has 180 valence electrons. The molecule has 31 heavy (non-hydrogen) atoms. The number of carbonyl (C=O) groups excluding carboxylic acids is 3. The van der Waals surface area contributed by atoms with Gasteiger partial charge in [-0.15, -0.1) is 0 Å². The third-order valence-electron chi connectivity index (χ3n) is 4.35. The molecule has 0 saturated heterocycles. The number of amides is 3. The fourth-order valence-corrected chi connectivity index (χ4v) is 3.81. The minimum atomic E-state index is -1.14. The van der Waals surface area contributed by atoms with Gasteiger partial charge in [-0.1, -0.05) is 13.8 Å². The van der Waals surface area contributed by atoms with Crippen LogP contribution in [0.15, 0.2) is 0 Å². The molecule has 0 aliphatic rings. The van der Waals surface area contributed by atoms with Crippen molar-refractivity contribution in [3.63, 3.8) is 0 Å². The topological polar surface area (TPSA) is 151 Å². The van der Waals surface area contributed by atoms with Crippen LogP contribution in [-0.4, -0.2) is 82.7 Å². The van der Waals surface area contributed by atoms with Crippen LogP contribution >= 0.6 is 36.2 Å². The molecule has 0 heterocycles. The van der Waals surface area contributed by atoms with Crippen molar-refractivity contribution in [3.05, 3.63) is 0 Å². The van der Waals surface area contributed by atoms with Crippen molar-refractivity contribution < 1.29 is 24.3 Å². The number of nitrogens with one attached hydrogen (secondary N) is 3. The Morgan fingerprint density at radius 2 is 1.35 bits per heavy atom. The second-order valence-corrected chi connectivity index (χ2v) is 9.84. The fraction of sp³-hybridized carbons (Fsp3) is 0.789. The van der Waals surface area contributed by atoms with Crippen molar-refractivity contribution in [1.29, 1.82) is 0 Å². The summed E-state index contributed by atoms with van der Waals surface area (Å²) in [6, 6.07) is -3.69. The summed E-state index contributed by atoms with van der Waals surface area (Å²) < 4.78 is 0. The number of nitrogens with two attached hydrogens (primary N) is 1. The third-order valence-corrected chi connectivity index (χ3v) is 6.00. The quantitative estimate of drug-likeness (QED) is 0.167. The van der Waals surface area contributed by atoms with Crippen LogP contribution in [0.25, 0.3) is 0 Å². The minimum Gasteiger partial charge on any atom is -0.480 e. The van der Waals surface area contributed by atoms with Gasteiger partial charge in [0.1, 0.15) is 18.1 Å². The zero-order valence-corrected chi connectivity index (χ0v) is 21.1. The maximum Gasteiger partial charge on any atom is 0.326 e. The smallest absolute Gasteiger partial charge is 0.326 e. The molecular weight excluding hydrogens is 460 g/mol. The zero-order valence-electron chi connectivity index (χ0n) is 18.6. The van der Waals surface area contributed by atoms with Gasteiger partial charge in [-0.3, -0.25) is 14.4 Å². The van der Waals surface area contributed by atoms with Crippen molar-refractivity contribution >= 4 is 59.8 Å². The SMILES string of the molecule is CSCCC(N)C(=O)NC(CC(C)C)C(=O)NC(CS)C(=O)NC(CCSC)C(=O)O. The molecule has 0 aromatic carbocycles. The van der Waals surface area contributed by atoms with Crippen molar-refractivity contribution in [2.24, 2.45) is 11.7 Å². The van der Waals surface area contributed by atoms with Gasteiger partial charge in [0, 0.05) is 5.75 Å². The largest absolute Gasteiger partial charge is 0.480 e. The fourth-order valence-electron chi connectivity index (χ4n) is 2.59.